The van der Waals surface area contributed by atoms with Crippen LogP contribution in [-0.4, -0.2) is 34.0 Å². The van der Waals surface area contributed by atoms with Gasteiger partial charge in [-0.2, -0.15) is 4.98 Å². The van der Waals surface area contributed by atoms with Crippen LogP contribution < -0.4 is 10.6 Å². The Bertz CT molecular complexity index is 1020. The molecule has 2 fully saturated rings. The van der Waals surface area contributed by atoms with Crippen LogP contribution >= 0.6 is 11.3 Å². The fraction of sp³-hybridized carbons (Fsp3) is 0.500. The van der Waals surface area contributed by atoms with Gasteiger partial charge >= 0.3 is 0 Å². The molecule has 0 amide bonds. The number of para-hydroxylation sites is 1. The van der Waals surface area contributed by atoms with Crippen LogP contribution in [0.2, 0.25) is 0 Å². The Morgan fingerprint density at radius 3 is 2.67 bits per heavy atom. The van der Waals surface area contributed by atoms with Crippen LogP contribution in [0.4, 0.5) is 20.5 Å². The number of fused-ring (bicyclic) bond motifs is 1. The Balaban J connectivity index is 1.49. The first-order valence-electron chi connectivity index (χ1n) is 10.6. The number of rotatable bonds is 7. The first-order valence-corrected chi connectivity index (χ1v) is 11.4. The van der Waals surface area contributed by atoms with Gasteiger partial charge < -0.3 is 10.6 Å². The summed E-state index contributed by atoms with van der Waals surface area (Å²) in [7, 11) is 0. The maximum Gasteiger partial charge on any atom is 0.241 e. The molecule has 2 atom stereocenters. The normalized spacial score (nSPS) is 21.5. The molecule has 0 saturated heterocycles. The molecule has 8 heteroatoms. The molecular formula is C22H25F2N5S. The lowest BCUT2D eigenvalue weighted by Crippen LogP contribution is -2.20. The van der Waals surface area contributed by atoms with Gasteiger partial charge in [-0.1, -0.05) is 12.1 Å². The second kappa shape index (κ2) is 8.06. The molecule has 5 rings (SSSR count). The number of alkyl halides is 2. The third-order valence-electron chi connectivity index (χ3n) is 6.01. The third-order valence-corrected chi connectivity index (χ3v) is 7.07. The highest BCUT2D eigenvalue weighted by molar-refractivity contribution is 7.21. The van der Waals surface area contributed by atoms with Crippen molar-refractivity contribution in [2.45, 2.75) is 51.5 Å². The van der Waals surface area contributed by atoms with Gasteiger partial charge in [-0.05, 0) is 57.1 Å². The zero-order valence-corrected chi connectivity index (χ0v) is 17.7. The van der Waals surface area contributed by atoms with Crippen LogP contribution in [0.3, 0.4) is 0 Å². The number of aromatic nitrogens is 3. The smallest absolute Gasteiger partial charge is 0.241 e. The van der Waals surface area contributed by atoms with Gasteiger partial charge in [0.2, 0.25) is 12.4 Å². The van der Waals surface area contributed by atoms with Crippen LogP contribution in [0.1, 0.15) is 37.8 Å². The van der Waals surface area contributed by atoms with Crippen molar-refractivity contribution in [3.8, 4) is 10.6 Å². The molecule has 5 nitrogen and oxygen atoms in total. The van der Waals surface area contributed by atoms with E-state index >= 15 is 0 Å². The molecule has 1 aromatic carbocycles. The van der Waals surface area contributed by atoms with Crippen molar-refractivity contribution in [1.29, 1.82) is 0 Å². The molecule has 0 spiro atoms. The van der Waals surface area contributed by atoms with E-state index < -0.39 is 12.3 Å². The van der Waals surface area contributed by atoms with Gasteiger partial charge in [0.05, 0.1) is 21.5 Å². The SMILES string of the molecule is Cc1nc(NCC2CC2)nc(NC2CCC(C(F)F)C2)c1-c1nc2ccccc2s1. The predicted molar refractivity (Wildman–Crippen MR) is 117 cm³/mol. The summed E-state index contributed by atoms with van der Waals surface area (Å²) in [6.07, 6.45) is 1.97. The summed E-state index contributed by atoms with van der Waals surface area (Å²) in [5.41, 5.74) is 2.65. The molecule has 0 aliphatic heterocycles. The van der Waals surface area contributed by atoms with Crippen LogP contribution in [0.5, 0.6) is 0 Å². The average molecular weight is 430 g/mol. The van der Waals surface area contributed by atoms with E-state index in [9.17, 15) is 8.78 Å². The van der Waals surface area contributed by atoms with Crippen molar-refractivity contribution in [2.75, 3.05) is 17.2 Å². The molecule has 0 radical (unpaired) electrons. The Labute approximate surface area is 178 Å². The number of anilines is 2. The second-order valence-electron chi connectivity index (χ2n) is 8.42. The molecule has 2 N–H and O–H groups in total. The average Bonchev–Trinajstić information content (AvgIpc) is 3.26. The van der Waals surface area contributed by atoms with E-state index in [1.807, 2.05) is 25.1 Å². The number of hydrogen-bond donors (Lipinski definition) is 2. The van der Waals surface area contributed by atoms with Crippen molar-refractivity contribution in [1.82, 2.24) is 15.0 Å². The summed E-state index contributed by atoms with van der Waals surface area (Å²) in [6.45, 7) is 2.84. The maximum atomic E-state index is 13.2. The van der Waals surface area contributed by atoms with Crippen LogP contribution in [0.25, 0.3) is 20.8 Å². The zero-order chi connectivity index (χ0) is 20.7. The fourth-order valence-corrected chi connectivity index (χ4v) is 5.18. The molecule has 2 heterocycles. The molecule has 158 valence electrons. The number of halogens is 2. The highest BCUT2D eigenvalue weighted by atomic mass is 32.1. The maximum absolute atomic E-state index is 13.2. The standard InChI is InChI=1S/C22H25F2N5S/c1-12-18(21-28-16-4-2-3-5-17(16)30-21)20(27-15-9-8-14(10-15)19(23)24)29-22(26-12)25-11-13-6-7-13/h2-5,13-15,19H,6-11H2,1H3,(H2,25,26,27,29). The lowest BCUT2D eigenvalue weighted by Gasteiger charge is -2.18. The fourth-order valence-electron chi connectivity index (χ4n) is 4.12. The minimum Gasteiger partial charge on any atom is -0.367 e. The Kier molecular flexibility index (Phi) is 5.26. The molecule has 0 bridgehead atoms. The van der Waals surface area contributed by atoms with Gasteiger partial charge in [-0.3, -0.25) is 0 Å². The lowest BCUT2D eigenvalue weighted by atomic mass is 10.1. The van der Waals surface area contributed by atoms with Gasteiger partial charge in [0.25, 0.3) is 0 Å². The van der Waals surface area contributed by atoms with E-state index in [2.05, 4.69) is 21.7 Å². The highest BCUT2D eigenvalue weighted by Crippen LogP contribution is 2.39. The lowest BCUT2D eigenvalue weighted by molar-refractivity contribution is 0.0803. The van der Waals surface area contributed by atoms with E-state index in [0.717, 1.165) is 39.4 Å². The molecule has 2 aliphatic rings. The summed E-state index contributed by atoms with van der Waals surface area (Å²) in [4.78, 5) is 14.2. The molecular weight excluding hydrogens is 404 g/mol. The van der Waals surface area contributed by atoms with E-state index in [0.29, 0.717) is 30.5 Å². The minimum atomic E-state index is -2.26. The number of nitrogens with one attached hydrogen (secondary N) is 2. The van der Waals surface area contributed by atoms with Gasteiger partial charge in [0.1, 0.15) is 10.8 Å². The number of nitrogens with zero attached hydrogens (tertiary/aromatic N) is 3. The summed E-state index contributed by atoms with van der Waals surface area (Å²) >= 11 is 1.60. The number of hydrogen-bond acceptors (Lipinski definition) is 6. The Morgan fingerprint density at radius 1 is 1.10 bits per heavy atom. The van der Waals surface area contributed by atoms with Crippen molar-refractivity contribution in [3.63, 3.8) is 0 Å². The monoisotopic (exact) mass is 429 g/mol. The van der Waals surface area contributed by atoms with E-state index in [1.165, 1.54) is 12.8 Å². The van der Waals surface area contributed by atoms with Gasteiger partial charge in [0, 0.05) is 18.5 Å². The first-order chi connectivity index (χ1) is 14.6. The summed E-state index contributed by atoms with van der Waals surface area (Å²) in [5.74, 6) is 1.45. The van der Waals surface area contributed by atoms with Gasteiger partial charge in [-0.25, -0.2) is 18.7 Å². The summed E-state index contributed by atoms with van der Waals surface area (Å²) < 4.78 is 27.4. The van der Waals surface area contributed by atoms with Crippen molar-refractivity contribution in [2.24, 2.45) is 11.8 Å². The largest absolute Gasteiger partial charge is 0.367 e. The van der Waals surface area contributed by atoms with E-state index in [4.69, 9.17) is 9.97 Å². The van der Waals surface area contributed by atoms with Crippen molar-refractivity contribution < 1.29 is 8.78 Å². The van der Waals surface area contributed by atoms with Gasteiger partial charge in [0.15, 0.2) is 0 Å². The second-order valence-corrected chi connectivity index (χ2v) is 9.45. The van der Waals surface area contributed by atoms with Crippen LogP contribution in [0.15, 0.2) is 24.3 Å². The van der Waals surface area contributed by atoms with Crippen LogP contribution in [0, 0.1) is 18.8 Å². The molecule has 2 aromatic heterocycles. The van der Waals surface area contributed by atoms with E-state index in [-0.39, 0.29) is 6.04 Å². The topological polar surface area (TPSA) is 62.7 Å². The van der Waals surface area contributed by atoms with Crippen LogP contribution in [-0.2, 0) is 0 Å². The number of benzene rings is 1. The summed E-state index contributed by atoms with van der Waals surface area (Å²) in [5, 5.41) is 7.66. The van der Waals surface area contributed by atoms with Crippen molar-refractivity contribution >= 4 is 33.3 Å². The molecule has 30 heavy (non-hydrogen) atoms. The predicted octanol–water partition coefficient (Wildman–Crippen LogP) is 5.73. The Morgan fingerprint density at radius 2 is 1.93 bits per heavy atom. The first kappa shape index (κ1) is 19.6. The Hall–Kier alpha value is -2.35. The van der Waals surface area contributed by atoms with Crippen molar-refractivity contribution in [3.05, 3.63) is 30.0 Å². The molecule has 2 aliphatic carbocycles. The molecule has 2 unspecified atom stereocenters. The number of thiazole rings is 1. The quantitative estimate of drug-likeness (QED) is 0.502. The van der Waals surface area contributed by atoms with Gasteiger partial charge in [-0.15, -0.1) is 11.3 Å². The number of aryl methyl sites for hydroxylation is 1. The molecule has 3 aromatic rings. The summed E-state index contributed by atoms with van der Waals surface area (Å²) in [6, 6.07) is 8.01. The van der Waals surface area contributed by atoms with E-state index in [1.54, 1.807) is 11.3 Å². The minimum absolute atomic E-state index is 0.0114. The highest BCUT2D eigenvalue weighted by Gasteiger charge is 2.32. The zero-order valence-electron chi connectivity index (χ0n) is 16.9. The third kappa shape index (κ3) is 4.10. The molecule has 2 saturated carbocycles.